The zero-order chi connectivity index (χ0) is 23.5. The Labute approximate surface area is 195 Å². The van der Waals surface area contributed by atoms with Gasteiger partial charge >= 0.3 is 0 Å². The van der Waals surface area contributed by atoms with E-state index in [1.807, 2.05) is 37.3 Å². The van der Waals surface area contributed by atoms with Gasteiger partial charge in [0, 0.05) is 11.6 Å². The van der Waals surface area contributed by atoms with Crippen molar-refractivity contribution in [2.24, 2.45) is 0 Å². The first-order chi connectivity index (χ1) is 15.9. The zero-order valence-corrected chi connectivity index (χ0v) is 19.8. The first kappa shape index (κ1) is 22.9. The van der Waals surface area contributed by atoms with Gasteiger partial charge in [-0.3, -0.25) is 4.79 Å². The number of hydrogen-bond donors (Lipinski definition) is 0. The van der Waals surface area contributed by atoms with Crippen molar-refractivity contribution in [1.29, 1.82) is 0 Å². The van der Waals surface area contributed by atoms with Gasteiger partial charge in [0.05, 0.1) is 14.2 Å². The van der Waals surface area contributed by atoms with Crippen LogP contribution in [0.4, 0.5) is 0 Å². The quantitative estimate of drug-likeness (QED) is 0.434. The van der Waals surface area contributed by atoms with Gasteiger partial charge in [-0.1, -0.05) is 18.7 Å². The molecule has 0 atom stereocenters. The molecule has 0 amide bonds. The molecule has 1 fully saturated rings. The molecule has 4 rings (SSSR count). The number of piperidine rings is 1. The molecule has 1 saturated heterocycles. The standard InChI is InChI=1S/C27H31NO5/c1-17(2)16-32-20-8-6-18(7-9-20)14-23-26(29)25-22(31-5)15-21(30-4)24(27(25)33-23)19-10-12-28(3)13-11-19/h6-9,14-15,19H,1,10-13,16H2,2-5H3/b23-14-. The normalized spacial score (nSPS) is 17.6. The molecule has 6 heteroatoms. The third-order valence-corrected chi connectivity index (χ3v) is 6.14. The number of carbonyl (C=O) groups excluding carboxylic acids is 1. The maximum atomic E-state index is 13.4. The van der Waals surface area contributed by atoms with Crippen LogP contribution in [0.2, 0.25) is 0 Å². The predicted octanol–water partition coefficient (Wildman–Crippen LogP) is 5.08. The summed E-state index contributed by atoms with van der Waals surface area (Å²) in [6, 6.07) is 9.35. The van der Waals surface area contributed by atoms with E-state index in [4.69, 9.17) is 18.9 Å². The summed E-state index contributed by atoms with van der Waals surface area (Å²) >= 11 is 0. The van der Waals surface area contributed by atoms with E-state index in [1.165, 1.54) is 0 Å². The Bertz CT molecular complexity index is 1080. The largest absolute Gasteiger partial charge is 0.496 e. The Morgan fingerprint density at radius 2 is 1.82 bits per heavy atom. The third kappa shape index (κ3) is 4.76. The summed E-state index contributed by atoms with van der Waals surface area (Å²) in [5, 5.41) is 0. The summed E-state index contributed by atoms with van der Waals surface area (Å²) in [6.45, 7) is 8.22. The molecular formula is C27H31NO5. The molecule has 2 aromatic carbocycles. The number of nitrogens with zero attached hydrogens (tertiary/aromatic N) is 1. The highest BCUT2D eigenvalue weighted by Crippen LogP contribution is 2.50. The third-order valence-electron chi connectivity index (χ3n) is 6.14. The topological polar surface area (TPSA) is 57.2 Å². The molecule has 6 nitrogen and oxygen atoms in total. The van der Waals surface area contributed by atoms with Gasteiger partial charge < -0.3 is 23.8 Å². The second-order valence-electron chi connectivity index (χ2n) is 8.73. The summed E-state index contributed by atoms with van der Waals surface area (Å²) < 4.78 is 23.1. The van der Waals surface area contributed by atoms with Gasteiger partial charge in [-0.2, -0.15) is 0 Å². The van der Waals surface area contributed by atoms with Crippen LogP contribution < -0.4 is 18.9 Å². The number of fused-ring (bicyclic) bond motifs is 1. The molecule has 0 aromatic heterocycles. The van der Waals surface area contributed by atoms with Crippen molar-refractivity contribution in [3.05, 3.63) is 64.9 Å². The fourth-order valence-corrected chi connectivity index (χ4v) is 4.35. The van der Waals surface area contributed by atoms with Gasteiger partial charge in [-0.15, -0.1) is 0 Å². The van der Waals surface area contributed by atoms with E-state index in [2.05, 4.69) is 18.5 Å². The fraction of sp³-hybridized carbons (Fsp3) is 0.370. The summed E-state index contributed by atoms with van der Waals surface area (Å²) in [6.07, 6.45) is 3.72. The lowest BCUT2D eigenvalue weighted by Crippen LogP contribution is -2.29. The molecule has 174 valence electrons. The highest BCUT2D eigenvalue weighted by atomic mass is 16.5. The van der Waals surface area contributed by atoms with E-state index in [0.29, 0.717) is 29.4 Å². The summed E-state index contributed by atoms with van der Waals surface area (Å²) in [7, 11) is 5.33. The molecule has 2 aliphatic rings. The molecule has 2 heterocycles. The molecule has 0 bridgehead atoms. The monoisotopic (exact) mass is 449 g/mol. The van der Waals surface area contributed by atoms with Gasteiger partial charge in [-0.25, -0.2) is 0 Å². The molecule has 33 heavy (non-hydrogen) atoms. The number of ether oxygens (including phenoxy) is 4. The number of rotatable bonds is 7. The molecule has 0 unspecified atom stereocenters. The number of benzene rings is 2. The molecule has 2 aromatic rings. The van der Waals surface area contributed by atoms with E-state index in [9.17, 15) is 4.79 Å². The average Bonchev–Trinajstić information content (AvgIpc) is 3.14. The smallest absolute Gasteiger partial charge is 0.235 e. The number of methoxy groups -OCH3 is 2. The maximum Gasteiger partial charge on any atom is 0.235 e. The highest BCUT2D eigenvalue weighted by Gasteiger charge is 2.38. The van der Waals surface area contributed by atoms with Crippen molar-refractivity contribution >= 4 is 11.9 Å². The zero-order valence-electron chi connectivity index (χ0n) is 19.8. The van der Waals surface area contributed by atoms with E-state index < -0.39 is 0 Å². The van der Waals surface area contributed by atoms with E-state index >= 15 is 0 Å². The van der Waals surface area contributed by atoms with Crippen LogP contribution >= 0.6 is 0 Å². The minimum atomic E-state index is -0.179. The molecule has 0 spiro atoms. The van der Waals surface area contributed by atoms with Crippen molar-refractivity contribution in [2.45, 2.75) is 25.7 Å². The van der Waals surface area contributed by atoms with E-state index in [1.54, 1.807) is 20.3 Å². The van der Waals surface area contributed by atoms with Gasteiger partial charge in [-0.05, 0) is 75.2 Å². The van der Waals surface area contributed by atoms with Crippen LogP contribution in [0, 0.1) is 0 Å². The van der Waals surface area contributed by atoms with Crippen molar-refractivity contribution in [3.63, 3.8) is 0 Å². The van der Waals surface area contributed by atoms with Crippen molar-refractivity contribution in [3.8, 4) is 23.0 Å². The van der Waals surface area contributed by atoms with Crippen LogP contribution in [0.25, 0.3) is 6.08 Å². The lowest BCUT2D eigenvalue weighted by Gasteiger charge is -2.30. The molecule has 0 aliphatic carbocycles. The molecular weight excluding hydrogens is 418 g/mol. The highest BCUT2D eigenvalue weighted by molar-refractivity contribution is 6.16. The number of ketones is 1. The van der Waals surface area contributed by atoms with Crippen LogP contribution in [0.1, 0.15) is 47.2 Å². The van der Waals surface area contributed by atoms with Gasteiger partial charge in [0.15, 0.2) is 5.76 Å². The Morgan fingerprint density at radius 1 is 1.15 bits per heavy atom. The van der Waals surface area contributed by atoms with Crippen LogP contribution in [0.3, 0.4) is 0 Å². The van der Waals surface area contributed by atoms with Gasteiger partial charge in [0.25, 0.3) is 0 Å². The Hall–Kier alpha value is -3.25. The number of allylic oxidation sites excluding steroid dienone is 1. The SMILES string of the molecule is C=C(C)COc1ccc(/C=C2\Oc3c(c(OC)cc(OC)c3C3CCN(C)CC3)C2=O)cc1. The minimum Gasteiger partial charge on any atom is -0.496 e. The van der Waals surface area contributed by atoms with Gasteiger partial charge in [0.1, 0.15) is 35.2 Å². The Balaban J connectivity index is 1.67. The van der Waals surface area contributed by atoms with E-state index in [-0.39, 0.29) is 17.5 Å². The predicted molar refractivity (Wildman–Crippen MR) is 129 cm³/mol. The fourth-order valence-electron chi connectivity index (χ4n) is 4.35. The summed E-state index contributed by atoms with van der Waals surface area (Å²) in [5.41, 5.74) is 3.23. The van der Waals surface area contributed by atoms with Crippen LogP contribution in [0.15, 0.2) is 48.2 Å². The number of carbonyl (C=O) groups is 1. The second-order valence-corrected chi connectivity index (χ2v) is 8.73. The van der Waals surface area contributed by atoms with Crippen LogP contribution in [0.5, 0.6) is 23.0 Å². The maximum absolute atomic E-state index is 13.4. The lowest BCUT2D eigenvalue weighted by molar-refractivity contribution is 0.101. The average molecular weight is 450 g/mol. The van der Waals surface area contributed by atoms with Crippen LogP contribution in [-0.4, -0.2) is 51.6 Å². The van der Waals surface area contributed by atoms with Crippen molar-refractivity contribution in [2.75, 3.05) is 41.0 Å². The first-order valence-electron chi connectivity index (χ1n) is 11.2. The molecule has 0 saturated carbocycles. The number of Topliss-reactive ketones (excluding diaryl/α,β-unsaturated/α-hetero) is 1. The van der Waals surface area contributed by atoms with Crippen molar-refractivity contribution < 1.29 is 23.7 Å². The Morgan fingerprint density at radius 3 is 2.42 bits per heavy atom. The summed E-state index contributed by atoms with van der Waals surface area (Å²) in [5.74, 6) is 2.84. The first-order valence-corrected chi connectivity index (χ1v) is 11.2. The summed E-state index contributed by atoms with van der Waals surface area (Å²) in [4.78, 5) is 15.7. The number of hydrogen-bond acceptors (Lipinski definition) is 6. The van der Waals surface area contributed by atoms with Gasteiger partial charge in [0.2, 0.25) is 5.78 Å². The number of likely N-dealkylation sites (tertiary alicyclic amines) is 1. The van der Waals surface area contributed by atoms with Crippen LogP contribution in [-0.2, 0) is 0 Å². The molecule has 0 N–H and O–H groups in total. The van der Waals surface area contributed by atoms with Crippen molar-refractivity contribution in [1.82, 2.24) is 4.90 Å². The lowest BCUT2D eigenvalue weighted by atomic mass is 9.86. The minimum absolute atomic E-state index is 0.179. The molecule has 2 aliphatic heterocycles. The van der Waals surface area contributed by atoms with E-state index in [0.717, 1.165) is 48.4 Å². The Kier molecular flexibility index (Phi) is 6.75. The molecule has 0 radical (unpaired) electrons. The second kappa shape index (κ2) is 9.71.